The number of aromatic nitrogens is 3. The van der Waals surface area contributed by atoms with Crippen LogP contribution in [0.5, 0.6) is 0 Å². The van der Waals surface area contributed by atoms with Crippen molar-refractivity contribution in [2.24, 2.45) is 0 Å². The van der Waals surface area contributed by atoms with Gasteiger partial charge >= 0.3 is 0 Å². The molecule has 2 heterocycles. The van der Waals surface area contributed by atoms with Crippen molar-refractivity contribution in [1.29, 1.82) is 0 Å². The van der Waals surface area contributed by atoms with Crippen molar-refractivity contribution in [3.8, 4) is 0 Å². The molecule has 0 unspecified atom stereocenters. The first-order valence-corrected chi connectivity index (χ1v) is 6.67. The Balaban J connectivity index is 1.89. The van der Waals surface area contributed by atoms with Gasteiger partial charge in [0.15, 0.2) is 0 Å². The zero-order valence-corrected chi connectivity index (χ0v) is 11.4. The Morgan fingerprint density at radius 3 is 3.00 bits per heavy atom. The van der Waals surface area contributed by atoms with Crippen LogP contribution in [0.1, 0.15) is 31.3 Å². The van der Waals surface area contributed by atoms with Gasteiger partial charge in [-0.2, -0.15) is 5.10 Å². The second-order valence-corrected chi connectivity index (χ2v) is 5.24. The smallest absolute Gasteiger partial charge is 0.146 e. The molecule has 0 atom stereocenters. The van der Waals surface area contributed by atoms with E-state index in [1.807, 2.05) is 16.8 Å². The number of nitrogens with zero attached hydrogens (tertiary/aromatic N) is 4. The Morgan fingerprint density at radius 2 is 2.21 bits per heavy atom. The van der Waals surface area contributed by atoms with E-state index in [2.05, 4.69) is 34.9 Å². The summed E-state index contributed by atoms with van der Waals surface area (Å²) >= 11 is 0. The van der Waals surface area contributed by atoms with Crippen molar-refractivity contribution >= 4 is 11.4 Å². The summed E-state index contributed by atoms with van der Waals surface area (Å²) in [6.07, 6.45) is 2.68. The van der Waals surface area contributed by atoms with E-state index in [-0.39, 0.29) is 0 Å². The van der Waals surface area contributed by atoms with Crippen LogP contribution in [0.25, 0.3) is 0 Å². The van der Waals surface area contributed by atoms with E-state index in [0.717, 1.165) is 31.0 Å². The van der Waals surface area contributed by atoms with Gasteiger partial charge in [0, 0.05) is 12.6 Å². The zero-order valence-electron chi connectivity index (χ0n) is 11.4. The number of para-hydroxylation sites is 1. The van der Waals surface area contributed by atoms with Gasteiger partial charge in [-0.25, -0.2) is 9.67 Å². The minimum atomic E-state index is 0.327. The van der Waals surface area contributed by atoms with Gasteiger partial charge in [-0.05, 0) is 31.9 Å². The average molecular weight is 257 g/mol. The molecule has 0 saturated carbocycles. The zero-order chi connectivity index (χ0) is 13.4. The summed E-state index contributed by atoms with van der Waals surface area (Å²) < 4.78 is 1.97. The molecule has 0 fully saturated rings. The molecule has 3 rings (SSSR count). The molecule has 0 aliphatic carbocycles. The molecule has 5 heteroatoms. The second-order valence-electron chi connectivity index (χ2n) is 5.24. The first kappa shape index (κ1) is 12.0. The number of fused-ring (bicyclic) bond motifs is 1. The molecule has 100 valence electrons. The third kappa shape index (κ3) is 2.05. The quantitative estimate of drug-likeness (QED) is 0.854. The summed E-state index contributed by atoms with van der Waals surface area (Å²) in [7, 11) is 0. The first-order chi connectivity index (χ1) is 9.16. The van der Waals surface area contributed by atoms with Crippen LogP contribution in [0.3, 0.4) is 0 Å². The Kier molecular flexibility index (Phi) is 2.89. The Bertz CT molecular complexity index is 587. The van der Waals surface area contributed by atoms with Crippen molar-refractivity contribution in [2.45, 2.75) is 32.9 Å². The van der Waals surface area contributed by atoms with Crippen LogP contribution in [0.4, 0.5) is 11.4 Å². The van der Waals surface area contributed by atoms with E-state index < -0.39 is 0 Å². The van der Waals surface area contributed by atoms with E-state index in [0.29, 0.717) is 6.04 Å². The molecule has 0 bridgehead atoms. The Hall–Kier alpha value is -2.04. The lowest BCUT2D eigenvalue weighted by Gasteiger charge is -2.21. The Morgan fingerprint density at radius 1 is 1.37 bits per heavy atom. The van der Waals surface area contributed by atoms with Crippen molar-refractivity contribution < 1.29 is 0 Å². The SMILES string of the molecule is CC(C)n1ncnc1CN1CCc2cccc(N)c21. The summed E-state index contributed by atoms with van der Waals surface area (Å²) in [5.74, 6) is 0.992. The molecule has 0 radical (unpaired) electrons. The molecule has 1 aromatic carbocycles. The number of rotatable bonds is 3. The normalized spacial score (nSPS) is 14.2. The van der Waals surface area contributed by atoms with Crippen molar-refractivity contribution in [1.82, 2.24) is 14.8 Å². The Labute approximate surface area is 113 Å². The lowest BCUT2D eigenvalue weighted by Crippen LogP contribution is -2.24. The molecule has 0 spiro atoms. The fourth-order valence-electron chi connectivity index (χ4n) is 2.71. The molecule has 19 heavy (non-hydrogen) atoms. The van der Waals surface area contributed by atoms with Gasteiger partial charge in [-0.1, -0.05) is 12.1 Å². The van der Waals surface area contributed by atoms with Crippen LogP contribution in [0.2, 0.25) is 0 Å². The maximum absolute atomic E-state index is 6.10. The second kappa shape index (κ2) is 4.57. The fourth-order valence-corrected chi connectivity index (χ4v) is 2.71. The first-order valence-electron chi connectivity index (χ1n) is 6.67. The summed E-state index contributed by atoms with van der Waals surface area (Å²) in [5.41, 5.74) is 9.45. The largest absolute Gasteiger partial charge is 0.397 e. The molecule has 2 aromatic rings. The van der Waals surface area contributed by atoms with Gasteiger partial charge in [-0.3, -0.25) is 0 Å². The van der Waals surface area contributed by atoms with E-state index >= 15 is 0 Å². The lowest BCUT2D eigenvalue weighted by molar-refractivity contribution is 0.502. The number of hydrogen-bond acceptors (Lipinski definition) is 4. The third-order valence-corrected chi connectivity index (χ3v) is 3.59. The number of anilines is 2. The van der Waals surface area contributed by atoms with Crippen molar-refractivity contribution in [3.05, 3.63) is 35.9 Å². The van der Waals surface area contributed by atoms with Gasteiger partial charge in [0.25, 0.3) is 0 Å². The van der Waals surface area contributed by atoms with Crippen LogP contribution in [-0.2, 0) is 13.0 Å². The summed E-state index contributed by atoms with van der Waals surface area (Å²) in [4.78, 5) is 6.67. The number of nitrogen functional groups attached to an aromatic ring is 1. The van der Waals surface area contributed by atoms with Gasteiger partial charge in [0.2, 0.25) is 0 Å². The predicted molar refractivity (Wildman–Crippen MR) is 76.0 cm³/mol. The molecular weight excluding hydrogens is 238 g/mol. The molecule has 5 nitrogen and oxygen atoms in total. The standard InChI is InChI=1S/C14H19N5/c1-10(2)19-13(16-9-17-19)8-18-7-6-11-4-3-5-12(15)14(11)18/h3-5,9-10H,6-8,15H2,1-2H3. The number of benzene rings is 1. The maximum atomic E-state index is 6.10. The van der Waals surface area contributed by atoms with Gasteiger partial charge in [0.1, 0.15) is 12.2 Å². The molecule has 1 aliphatic heterocycles. The molecule has 1 aliphatic rings. The minimum absolute atomic E-state index is 0.327. The molecule has 2 N–H and O–H groups in total. The van der Waals surface area contributed by atoms with E-state index in [9.17, 15) is 0 Å². The van der Waals surface area contributed by atoms with Crippen molar-refractivity contribution in [3.63, 3.8) is 0 Å². The van der Waals surface area contributed by atoms with Gasteiger partial charge < -0.3 is 10.6 Å². The van der Waals surface area contributed by atoms with E-state index in [1.54, 1.807) is 6.33 Å². The summed E-state index contributed by atoms with van der Waals surface area (Å²) in [6, 6.07) is 6.46. The molecule has 0 amide bonds. The van der Waals surface area contributed by atoms with E-state index in [1.165, 1.54) is 11.3 Å². The average Bonchev–Trinajstić information content (AvgIpc) is 2.98. The summed E-state index contributed by atoms with van der Waals surface area (Å²) in [5, 5.41) is 4.28. The van der Waals surface area contributed by atoms with Gasteiger partial charge in [0.05, 0.1) is 17.9 Å². The minimum Gasteiger partial charge on any atom is -0.397 e. The highest BCUT2D eigenvalue weighted by atomic mass is 15.4. The van der Waals surface area contributed by atoms with Crippen LogP contribution in [0.15, 0.2) is 24.5 Å². The molecule has 1 aromatic heterocycles. The van der Waals surface area contributed by atoms with E-state index in [4.69, 9.17) is 5.73 Å². The highest BCUT2D eigenvalue weighted by molar-refractivity contribution is 5.74. The predicted octanol–water partition coefficient (Wildman–Crippen LogP) is 2.00. The van der Waals surface area contributed by atoms with Crippen LogP contribution < -0.4 is 10.6 Å². The van der Waals surface area contributed by atoms with Crippen LogP contribution >= 0.6 is 0 Å². The lowest BCUT2D eigenvalue weighted by atomic mass is 10.1. The molecular formula is C14H19N5. The maximum Gasteiger partial charge on any atom is 0.146 e. The monoisotopic (exact) mass is 257 g/mol. The number of hydrogen-bond donors (Lipinski definition) is 1. The third-order valence-electron chi connectivity index (χ3n) is 3.59. The highest BCUT2D eigenvalue weighted by Gasteiger charge is 2.23. The highest BCUT2D eigenvalue weighted by Crippen LogP contribution is 2.34. The topological polar surface area (TPSA) is 60.0 Å². The number of nitrogens with two attached hydrogens (primary N) is 1. The van der Waals surface area contributed by atoms with Crippen LogP contribution in [-0.4, -0.2) is 21.3 Å². The fraction of sp³-hybridized carbons (Fsp3) is 0.429. The van der Waals surface area contributed by atoms with Gasteiger partial charge in [-0.15, -0.1) is 0 Å². The van der Waals surface area contributed by atoms with Crippen LogP contribution in [0, 0.1) is 0 Å². The van der Waals surface area contributed by atoms with Crippen molar-refractivity contribution in [2.75, 3.05) is 17.2 Å². The summed E-state index contributed by atoms with van der Waals surface area (Å²) in [6.45, 7) is 5.99. The molecule has 0 saturated heterocycles.